The summed E-state index contributed by atoms with van der Waals surface area (Å²) in [5, 5.41) is 11.6. The van der Waals surface area contributed by atoms with Crippen LogP contribution in [0.25, 0.3) is 0 Å². The van der Waals surface area contributed by atoms with Gasteiger partial charge in [0.25, 0.3) is 11.8 Å². The first kappa shape index (κ1) is 20.6. The van der Waals surface area contributed by atoms with Crippen molar-refractivity contribution >= 4 is 44.8 Å². The summed E-state index contributed by atoms with van der Waals surface area (Å²) < 4.78 is 27.3. The van der Waals surface area contributed by atoms with Crippen molar-refractivity contribution in [2.75, 3.05) is 11.9 Å². The normalized spacial score (nSPS) is 12.1. The third-order valence-electron chi connectivity index (χ3n) is 3.27. The van der Waals surface area contributed by atoms with Crippen LogP contribution in [0.1, 0.15) is 16.6 Å². The molecular weight excluding hydrogens is 394 g/mol. The number of nitrogens with one attached hydrogen (secondary N) is 2. The van der Waals surface area contributed by atoms with Gasteiger partial charge in [-0.3, -0.25) is 14.4 Å². The predicted octanol–water partition coefficient (Wildman–Crippen LogP) is 0.696. The van der Waals surface area contributed by atoms with Crippen LogP contribution in [-0.2, 0) is 24.3 Å². The molecule has 4 N–H and O–H groups in total. The minimum atomic E-state index is -3.83. The van der Waals surface area contributed by atoms with Crippen LogP contribution in [0.2, 0.25) is 0 Å². The molecular formula is C16H17N3O6S2. The Balaban J connectivity index is 1.82. The van der Waals surface area contributed by atoms with Gasteiger partial charge in [0.05, 0.1) is 9.77 Å². The van der Waals surface area contributed by atoms with Gasteiger partial charge in [0.2, 0.25) is 10.0 Å². The van der Waals surface area contributed by atoms with Gasteiger partial charge in [0.15, 0.2) is 6.10 Å². The molecule has 0 saturated heterocycles. The zero-order valence-corrected chi connectivity index (χ0v) is 15.8. The first-order chi connectivity index (χ1) is 12.7. The second-order valence-corrected chi connectivity index (χ2v) is 7.86. The zero-order valence-electron chi connectivity index (χ0n) is 14.2. The van der Waals surface area contributed by atoms with Crippen molar-refractivity contribution in [2.24, 2.45) is 5.14 Å². The van der Waals surface area contributed by atoms with Crippen LogP contribution in [0.15, 0.2) is 46.7 Å². The molecule has 1 aromatic carbocycles. The number of hydrogen-bond acceptors (Lipinski definition) is 7. The Bertz CT molecular complexity index is 924. The van der Waals surface area contributed by atoms with Crippen molar-refractivity contribution in [2.45, 2.75) is 17.9 Å². The van der Waals surface area contributed by atoms with E-state index in [0.717, 1.165) is 0 Å². The molecule has 2 rings (SSSR count). The number of amides is 2. The van der Waals surface area contributed by atoms with E-state index in [0.29, 0.717) is 10.6 Å². The Labute approximate surface area is 159 Å². The molecule has 0 aliphatic heterocycles. The van der Waals surface area contributed by atoms with E-state index in [4.69, 9.17) is 9.88 Å². The molecule has 1 heterocycles. The average Bonchev–Trinajstić information content (AvgIpc) is 3.14. The average molecular weight is 411 g/mol. The third-order valence-corrected chi connectivity index (χ3v) is 5.06. The Kier molecular flexibility index (Phi) is 6.66. The smallest absolute Gasteiger partial charge is 0.326 e. The summed E-state index contributed by atoms with van der Waals surface area (Å²) in [5.41, 5.74) is 0.307. The van der Waals surface area contributed by atoms with Gasteiger partial charge in [0, 0.05) is 5.69 Å². The molecule has 9 nitrogen and oxygen atoms in total. The molecule has 1 atom stereocenters. The minimum Gasteiger partial charge on any atom is -0.451 e. The number of nitrogens with two attached hydrogens (primary N) is 1. The summed E-state index contributed by atoms with van der Waals surface area (Å²) in [6.07, 6.45) is -1.12. The summed E-state index contributed by atoms with van der Waals surface area (Å²) in [5.74, 6) is -1.79. The van der Waals surface area contributed by atoms with Gasteiger partial charge in [-0.15, -0.1) is 11.3 Å². The lowest BCUT2D eigenvalue weighted by atomic mass is 10.3. The van der Waals surface area contributed by atoms with E-state index in [1.54, 1.807) is 17.5 Å². The van der Waals surface area contributed by atoms with Crippen LogP contribution >= 0.6 is 11.3 Å². The fraction of sp³-hybridized carbons (Fsp3) is 0.188. The summed E-state index contributed by atoms with van der Waals surface area (Å²) in [4.78, 5) is 35.9. The van der Waals surface area contributed by atoms with Crippen molar-refractivity contribution in [1.82, 2.24) is 5.32 Å². The summed E-state index contributed by atoms with van der Waals surface area (Å²) >= 11 is 1.23. The third kappa shape index (κ3) is 6.16. The Morgan fingerprint density at radius 3 is 2.41 bits per heavy atom. The molecule has 0 bridgehead atoms. The number of rotatable bonds is 7. The van der Waals surface area contributed by atoms with Crippen molar-refractivity contribution in [3.63, 3.8) is 0 Å². The first-order valence-electron chi connectivity index (χ1n) is 7.62. The molecule has 0 saturated carbocycles. The van der Waals surface area contributed by atoms with Gasteiger partial charge in [-0.1, -0.05) is 6.07 Å². The molecule has 0 aliphatic carbocycles. The highest BCUT2D eigenvalue weighted by Gasteiger charge is 2.19. The van der Waals surface area contributed by atoms with Gasteiger partial charge < -0.3 is 15.4 Å². The molecule has 11 heteroatoms. The number of carbonyl (C=O) groups excluding carboxylic acids is 3. The zero-order chi connectivity index (χ0) is 20.0. The fourth-order valence-electron chi connectivity index (χ4n) is 1.91. The second kappa shape index (κ2) is 8.75. The number of benzene rings is 1. The molecule has 0 radical (unpaired) electrons. The molecule has 0 spiro atoms. The molecule has 0 aliphatic rings. The van der Waals surface area contributed by atoms with E-state index >= 15 is 0 Å². The lowest BCUT2D eigenvalue weighted by Gasteiger charge is -2.14. The molecule has 27 heavy (non-hydrogen) atoms. The maximum Gasteiger partial charge on any atom is 0.326 e. The van der Waals surface area contributed by atoms with Crippen LogP contribution in [0.3, 0.4) is 0 Å². The van der Waals surface area contributed by atoms with Gasteiger partial charge in [-0.25, -0.2) is 13.6 Å². The van der Waals surface area contributed by atoms with E-state index in [9.17, 15) is 22.8 Å². The topological polar surface area (TPSA) is 145 Å². The van der Waals surface area contributed by atoms with Crippen LogP contribution < -0.4 is 15.8 Å². The van der Waals surface area contributed by atoms with Crippen LogP contribution in [-0.4, -0.2) is 38.9 Å². The lowest BCUT2D eigenvalue weighted by molar-refractivity contribution is -0.152. The first-order valence-corrected chi connectivity index (χ1v) is 10.0. The number of sulfonamides is 1. The van der Waals surface area contributed by atoms with Gasteiger partial charge in [-0.2, -0.15) is 0 Å². The largest absolute Gasteiger partial charge is 0.451 e. The van der Waals surface area contributed by atoms with Crippen LogP contribution in [0, 0.1) is 0 Å². The summed E-state index contributed by atoms with van der Waals surface area (Å²) in [6.45, 7) is 0.991. The quantitative estimate of drug-likeness (QED) is 0.572. The molecule has 2 amide bonds. The van der Waals surface area contributed by atoms with Crippen molar-refractivity contribution in [3.8, 4) is 0 Å². The van der Waals surface area contributed by atoms with Crippen LogP contribution in [0.5, 0.6) is 0 Å². The van der Waals surface area contributed by atoms with E-state index in [1.165, 1.54) is 42.5 Å². The predicted molar refractivity (Wildman–Crippen MR) is 98.7 cm³/mol. The van der Waals surface area contributed by atoms with Crippen molar-refractivity contribution in [3.05, 3.63) is 46.7 Å². The fourth-order valence-corrected chi connectivity index (χ4v) is 3.07. The van der Waals surface area contributed by atoms with E-state index in [1.807, 2.05) is 0 Å². The SMILES string of the molecule is C[C@H](OC(=O)CNC(=O)c1cccs1)C(=O)Nc1ccc(S(N)(=O)=O)cc1. The highest BCUT2D eigenvalue weighted by molar-refractivity contribution is 7.89. The van der Waals surface area contributed by atoms with Crippen molar-refractivity contribution in [1.29, 1.82) is 0 Å². The highest BCUT2D eigenvalue weighted by Crippen LogP contribution is 2.13. The number of esters is 1. The summed E-state index contributed by atoms with van der Waals surface area (Å²) in [6, 6.07) is 8.51. The number of thiophene rings is 1. The number of hydrogen-bond donors (Lipinski definition) is 3. The van der Waals surface area contributed by atoms with Crippen molar-refractivity contribution < 1.29 is 27.5 Å². The molecule has 144 valence electrons. The van der Waals surface area contributed by atoms with E-state index < -0.39 is 33.9 Å². The van der Waals surface area contributed by atoms with E-state index in [-0.39, 0.29) is 11.4 Å². The standard InChI is InChI=1S/C16H17N3O6S2/c1-10(25-14(20)9-18-16(22)13-3-2-8-26-13)15(21)19-11-4-6-12(7-5-11)27(17,23)24/h2-8,10H,9H2,1H3,(H,18,22)(H,19,21)(H2,17,23,24)/t10-/m0/s1. The van der Waals surface area contributed by atoms with Crippen LogP contribution in [0.4, 0.5) is 5.69 Å². The Morgan fingerprint density at radius 1 is 1.19 bits per heavy atom. The number of ether oxygens (including phenoxy) is 1. The molecule has 0 fully saturated rings. The maximum absolute atomic E-state index is 12.0. The van der Waals surface area contributed by atoms with E-state index in [2.05, 4.69) is 10.6 Å². The number of carbonyl (C=O) groups is 3. The maximum atomic E-state index is 12.0. The Hall–Kier alpha value is -2.76. The monoisotopic (exact) mass is 411 g/mol. The lowest BCUT2D eigenvalue weighted by Crippen LogP contribution is -2.35. The van der Waals surface area contributed by atoms with Gasteiger partial charge in [0.1, 0.15) is 6.54 Å². The minimum absolute atomic E-state index is 0.0959. The number of anilines is 1. The second-order valence-electron chi connectivity index (χ2n) is 5.35. The number of primary sulfonamides is 1. The molecule has 1 aromatic heterocycles. The van der Waals surface area contributed by atoms with Gasteiger partial charge >= 0.3 is 5.97 Å². The molecule has 0 unspecified atom stereocenters. The highest BCUT2D eigenvalue weighted by atomic mass is 32.2. The van der Waals surface area contributed by atoms with Gasteiger partial charge in [-0.05, 0) is 42.6 Å². The Morgan fingerprint density at radius 2 is 1.85 bits per heavy atom. The molecule has 2 aromatic rings. The summed E-state index contributed by atoms with van der Waals surface area (Å²) in [7, 11) is -3.83.